The number of nitrogens with one attached hydrogen (secondary N) is 1. The number of rotatable bonds is 7. The highest BCUT2D eigenvalue weighted by Gasteiger charge is 2.16. The van der Waals surface area contributed by atoms with Crippen LogP contribution in [0.4, 0.5) is 0 Å². The number of ether oxygens (including phenoxy) is 1. The highest BCUT2D eigenvalue weighted by atomic mass is 35.5. The summed E-state index contributed by atoms with van der Waals surface area (Å²) in [5, 5.41) is 3.48. The van der Waals surface area contributed by atoms with Crippen molar-refractivity contribution in [1.29, 1.82) is 0 Å². The molecule has 1 rings (SSSR count). The first-order valence-electron chi connectivity index (χ1n) is 6.31. The molecule has 1 amide bonds. The van der Waals surface area contributed by atoms with Crippen molar-refractivity contribution < 1.29 is 9.53 Å². The standard InChI is InChI=1S/C14H19Cl2NO2/c1-10(5-4-8-15)17-14(18)11(2)19-13-7-3-6-12(16)9-13/h3,6-7,9-11H,4-5,8H2,1-2H3,(H,17,18). The van der Waals surface area contributed by atoms with Crippen LogP contribution in [0.3, 0.4) is 0 Å². The van der Waals surface area contributed by atoms with E-state index in [4.69, 9.17) is 27.9 Å². The quantitative estimate of drug-likeness (QED) is 0.781. The van der Waals surface area contributed by atoms with Crippen LogP contribution in [0.25, 0.3) is 0 Å². The molecule has 106 valence electrons. The van der Waals surface area contributed by atoms with Crippen molar-refractivity contribution in [2.45, 2.75) is 38.8 Å². The van der Waals surface area contributed by atoms with Crippen molar-refractivity contribution in [2.75, 3.05) is 5.88 Å². The summed E-state index contributed by atoms with van der Waals surface area (Å²) in [6, 6.07) is 7.09. The summed E-state index contributed by atoms with van der Waals surface area (Å²) in [6.07, 6.45) is 1.18. The molecular weight excluding hydrogens is 285 g/mol. The normalized spacial score (nSPS) is 13.7. The van der Waals surface area contributed by atoms with Gasteiger partial charge < -0.3 is 10.1 Å². The third kappa shape index (κ3) is 6.17. The van der Waals surface area contributed by atoms with Gasteiger partial charge in [-0.25, -0.2) is 0 Å². The van der Waals surface area contributed by atoms with Gasteiger partial charge in [0.15, 0.2) is 6.10 Å². The Morgan fingerprint density at radius 2 is 2.16 bits per heavy atom. The van der Waals surface area contributed by atoms with Gasteiger partial charge in [-0.2, -0.15) is 0 Å². The molecule has 2 unspecified atom stereocenters. The minimum absolute atomic E-state index is 0.0941. The number of halogens is 2. The van der Waals surface area contributed by atoms with E-state index in [0.29, 0.717) is 16.7 Å². The van der Waals surface area contributed by atoms with Gasteiger partial charge in [0.25, 0.3) is 5.91 Å². The maximum absolute atomic E-state index is 11.9. The number of carbonyl (C=O) groups excluding carboxylic acids is 1. The van der Waals surface area contributed by atoms with Crippen LogP contribution in [0.1, 0.15) is 26.7 Å². The van der Waals surface area contributed by atoms with Crippen LogP contribution in [0, 0.1) is 0 Å². The van der Waals surface area contributed by atoms with Gasteiger partial charge >= 0.3 is 0 Å². The van der Waals surface area contributed by atoms with Crippen LogP contribution >= 0.6 is 23.2 Å². The lowest BCUT2D eigenvalue weighted by atomic mass is 10.2. The van der Waals surface area contributed by atoms with Crippen molar-refractivity contribution in [2.24, 2.45) is 0 Å². The monoisotopic (exact) mass is 303 g/mol. The predicted octanol–water partition coefficient (Wildman–Crippen LogP) is 3.63. The Labute approximate surface area is 124 Å². The molecule has 0 aliphatic carbocycles. The van der Waals surface area contributed by atoms with Crippen LogP contribution in [-0.4, -0.2) is 23.9 Å². The summed E-state index contributed by atoms with van der Waals surface area (Å²) in [5.74, 6) is 1.06. The van der Waals surface area contributed by atoms with Crippen molar-refractivity contribution in [3.8, 4) is 5.75 Å². The molecule has 0 aliphatic rings. The topological polar surface area (TPSA) is 38.3 Å². The molecule has 1 N–H and O–H groups in total. The Bertz CT molecular complexity index is 412. The number of alkyl halides is 1. The van der Waals surface area contributed by atoms with Gasteiger partial charge in [-0.15, -0.1) is 11.6 Å². The lowest BCUT2D eigenvalue weighted by Crippen LogP contribution is -2.41. The second-order valence-electron chi connectivity index (χ2n) is 4.46. The molecule has 5 heteroatoms. The molecule has 0 heterocycles. The van der Waals surface area contributed by atoms with Gasteiger partial charge in [-0.3, -0.25) is 4.79 Å². The molecular formula is C14H19Cl2NO2. The second kappa shape index (κ2) is 8.28. The predicted molar refractivity (Wildman–Crippen MR) is 79.1 cm³/mol. The van der Waals surface area contributed by atoms with Crippen LogP contribution in [-0.2, 0) is 4.79 Å². The average Bonchev–Trinajstić information content (AvgIpc) is 2.36. The molecule has 19 heavy (non-hydrogen) atoms. The number of hydrogen-bond donors (Lipinski definition) is 1. The Hall–Kier alpha value is -0.930. The van der Waals surface area contributed by atoms with Crippen molar-refractivity contribution in [3.63, 3.8) is 0 Å². The number of benzene rings is 1. The largest absolute Gasteiger partial charge is 0.481 e. The number of amides is 1. The fourth-order valence-electron chi connectivity index (χ4n) is 1.61. The summed E-state index contributed by atoms with van der Waals surface area (Å²) >= 11 is 11.5. The molecule has 1 aromatic carbocycles. The molecule has 1 aromatic rings. The highest BCUT2D eigenvalue weighted by molar-refractivity contribution is 6.30. The van der Waals surface area contributed by atoms with Crippen LogP contribution < -0.4 is 10.1 Å². The molecule has 3 nitrogen and oxygen atoms in total. The zero-order chi connectivity index (χ0) is 14.3. The van der Waals surface area contributed by atoms with Gasteiger partial charge in [0.1, 0.15) is 5.75 Å². The van der Waals surface area contributed by atoms with Gasteiger partial charge in [0.2, 0.25) is 0 Å². The first kappa shape index (κ1) is 16.1. The van der Waals surface area contributed by atoms with Gasteiger partial charge in [0.05, 0.1) is 0 Å². The van der Waals surface area contributed by atoms with Gasteiger partial charge in [-0.1, -0.05) is 17.7 Å². The lowest BCUT2D eigenvalue weighted by molar-refractivity contribution is -0.127. The first-order chi connectivity index (χ1) is 9.02. The minimum Gasteiger partial charge on any atom is -0.481 e. The Morgan fingerprint density at radius 3 is 2.79 bits per heavy atom. The second-order valence-corrected chi connectivity index (χ2v) is 5.27. The van der Waals surface area contributed by atoms with E-state index < -0.39 is 6.10 Å². The van der Waals surface area contributed by atoms with Gasteiger partial charge in [-0.05, 0) is 44.9 Å². The van der Waals surface area contributed by atoms with Crippen molar-refractivity contribution in [1.82, 2.24) is 5.32 Å². The maximum atomic E-state index is 11.9. The van der Waals surface area contributed by atoms with Crippen molar-refractivity contribution >= 4 is 29.1 Å². The van der Waals surface area contributed by atoms with E-state index in [1.165, 1.54) is 0 Å². The molecule has 0 saturated carbocycles. The van der Waals surface area contributed by atoms with E-state index in [9.17, 15) is 4.79 Å². The van der Waals surface area contributed by atoms with Crippen LogP contribution in [0.5, 0.6) is 5.75 Å². The van der Waals surface area contributed by atoms with E-state index in [0.717, 1.165) is 12.8 Å². The SMILES string of the molecule is CC(CCCCl)NC(=O)C(C)Oc1cccc(Cl)c1. The molecule has 0 spiro atoms. The third-order valence-electron chi connectivity index (χ3n) is 2.64. The smallest absolute Gasteiger partial charge is 0.260 e. The molecule has 0 saturated heterocycles. The molecule has 0 bridgehead atoms. The van der Waals surface area contributed by atoms with E-state index in [2.05, 4.69) is 5.32 Å². The van der Waals surface area contributed by atoms with E-state index in [1.54, 1.807) is 31.2 Å². The zero-order valence-electron chi connectivity index (χ0n) is 11.2. The fraction of sp³-hybridized carbons (Fsp3) is 0.500. The van der Waals surface area contributed by atoms with Crippen LogP contribution in [0.2, 0.25) is 5.02 Å². The maximum Gasteiger partial charge on any atom is 0.260 e. The Balaban J connectivity index is 2.44. The minimum atomic E-state index is -0.558. The average molecular weight is 304 g/mol. The number of hydrogen-bond acceptors (Lipinski definition) is 2. The Kier molecular flexibility index (Phi) is 7.03. The molecule has 0 aromatic heterocycles. The summed E-state index contributed by atoms with van der Waals surface area (Å²) in [6.45, 7) is 3.67. The summed E-state index contributed by atoms with van der Waals surface area (Å²) < 4.78 is 5.54. The molecule has 0 fully saturated rings. The fourth-order valence-corrected chi connectivity index (χ4v) is 1.95. The van der Waals surface area contributed by atoms with E-state index in [1.807, 2.05) is 6.92 Å². The third-order valence-corrected chi connectivity index (χ3v) is 3.14. The van der Waals surface area contributed by atoms with E-state index in [-0.39, 0.29) is 11.9 Å². The lowest BCUT2D eigenvalue weighted by Gasteiger charge is -2.18. The van der Waals surface area contributed by atoms with Crippen LogP contribution in [0.15, 0.2) is 24.3 Å². The summed E-state index contributed by atoms with van der Waals surface area (Å²) in [4.78, 5) is 11.9. The number of carbonyl (C=O) groups is 1. The van der Waals surface area contributed by atoms with Crippen molar-refractivity contribution in [3.05, 3.63) is 29.3 Å². The highest BCUT2D eigenvalue weighted by Crippen LogP contribution is 2.18. The molecule has 0 aliphatic heterocycles. The molecule has 2 atom stereocenters. The van der Waals surface area contributed by atoms with Gasteiger partial charge in [0, 0.05) is 16.9 Å². The summed E-state index contributed by atoms with van der Waals surface area (Å²) in [7, 11) is 0. The molecule has 0 radical (unpaired) electrons. The zero-order valence-corrected chi connectivity index (χ0v) is 12.7. The Morgan fingerprint density at radius 1 is 1.42 bits per heavy atom. The van der Waals surface area contributed by atoms with E-state index >= 15 is 0 Å². The summed E-state index contributed by atoms with van der Waals surface area (Å²) in [5.41, 5.74) is 0. The first-order valence-corrected chi connectivity index (χ1v) is 7.22.